The average molecular weight is 206 g/mol. The molecule has 1 saturated heterocycles. The van der Waals surface area contributed by atoms with Crippen LogP contribution >= 0.6 is 0 Å². The summed E-state index contributed by atoms with van der Waals surface area (Å²) in [7, 11) is 0. The number of aromatic nitrogens is 2. The number of aryl methyl sites for hydroxylation is 1. The van der Waals surface area contributed by atoms with Crippen LogP contribution in [0.3, 0.4) is 0 Å². The Morgan fingerprint density at radius 2 is 2.33 bits per heavy atom. The van der Waals surface area contributed by atoms with Crippen molar-refractivity contribution in [2.45, 2.75) is 26.3 Å². The smallest absolute Gasteiger partial charge is 0.225 e. The maximum atomic E-state index is 5.98. The molecule has 2 unspecified atom stereocenters. The molecule has 2 rings (SSSR count). The maximum absolute atomic E-state index is 5.98. The van der Waals surface area contributed by atoms with Gasteiger partial charge in [0.25, 0.3) is 0 Å². The third kappa shape index (κ3) is 2.26. The van der Waals surface area contributed by atoms with Gasteiger partial charge in [0, 0.05) is 31.0 Å². The predicted molar refractivity (Wildman–Crippen MR) is 60.7 cm³/mol. The van der Waals surface area contributed by atoms with Crippen molar-refractivity contribution in [1.29, 1.82) is 0 Å². The van der Waals surface area contributed by atoms with Crippen LogP contribution in [0.5, 0.6) is 0 Å². The third-order valence-electron chi connectivity index (χ3n) is 3.04. The van der Waals surface area contributed by atoms with E-state index in [9.17, 15) is 0 Å². The number of nitrogens with two attached hydrogens (primary N) is 1. The van der Waals surface area contributed by atoms with E-state index in [2.05, 4.69) is 21.8 Å². The lowest BCUT2D eigenvalue weighted by atomic mass is 9.95. The number of rotatable bonds is 1. The number of hydrogen-bond acceptors (Lipinski definition) is 4. The van der Waals surface area contributed by atoms with Crippen LogP contribution in [-0.2, 0) is 0 Å². The highest BCUT2D eigenvalue weighted by molar-refractivity contribution is 5.31. The molecule has 1 fully saturated rings. The van der Waals surface area contributed by atoms with Gasteiger partial charge < -0.3 is 10.6 Å². The number of piperidine rings is 1. The zero-order valence-corrected chi connectivity index (χ0v) is 9.35. The quantitative estimate of drug-likeness (QED) is 0.743. The molecular weight excluding hydrogens is 188 g/mol. The second-order valence-corrected chi connectivity index (χ2v) is 4.37. The fraction of sp³-hybridized carbons (Fsp3) is 0.636. The third-order valence-corrected chi connectivity index (χ3v) is 3.04. The first-order chi connectivity index (χ1) is 7.16. The van der Waals surface area contributed by atoms with Gasteiger partial charge in [-0.15, -0.1) is 0 Å². The molecule has 0 spiro atoms. The molecule has 0 saturated carbocycles. The van der Waals surface area contributed by atoms with Crippen molar-refractivity contribution in [1.82, 2.24) is 9.97 Å². The fourth-order valence-corrected chi connectivity index (χ4v) is 1.93. The molecule has 4 heteroatoms. The highest BCUT2D eigenvalue weighted by atomic mass is 15.3. The molecule has 1 aromatic heterocycles. The Labute approximate surface area is 90.5 Å². The standard InChI is InChI=1S/C11H18N4/c1-8-7-15(6-4-10(8)12)11-13-5-3-9(2)14-11/h3,5,8,10H,4,6-7,12H2,1-2H3. The van der Waals surface area contributed by atoms with Crippen LogP contribution in [0, 0.1) is 12.8 Å². The predicted octanol–water partition coefficient (Wildman–Crippen LogP) is 0.959. The molecule has 0 aliphatic carbocycles. The van der Waals surface area contributed by atoms with Crippen LogP contribution in [0.2, 0.25) is 0 Å². The summed E-state index contributed by atoms with van der Waals surface area (Å²) in [6.07, 6.45) is 2.84. The topological polar surface area (TPSA) is 55.0 Å². The normalized spacial score (nSPS) is 26.7. The fourth-order valence-electron chi connectivity index (χ4n) is 1.93. The van der Waals surface area contributed by atoms with Gasteiger partial charge in [0.2, 0.25) is 5.95 Å². The van der Waals surface area contributed by atoms with Crippen molar-refractivity contribution in [3.8, 4) is 0 Å². The van der Waals surface area contributed by atoms with E-state index in [4.69, 9.17) is 5.73 Å². The van der Waals surface area contributed by atoms with E-state index >= 15 is 0 Å². The van der Waals surface area contributed by atoms with Crippen molar-refractivity contribution >= 4 is 5.95 Å². The summed E-state index contributed by atoms with van der Waals surface area (Å²) in [6.45, 7) is 6.11. The summed E-state index contributed by atoms with van der Waals surface area (Å²) >= 11 is 0. The van der Waals surface area contributed by atoms with Crippen LogP contribution in [0.1, 0.15) is 19.0 Å². The van der Waals surface area contributed by atoms with Gasteiger partial charge in [0.1, 0.15) is 0 Å². The minimum Gasteiger partial charge on any atom is -0.340 e. The summed E-state index contributed by atoms with van der Waals surface area (Å²) in [4.78, 5) is 11.0. The van der Waals surface area contributed by atoms with Gasteiger partial charge in [-0.3, -0.25) is 0 Å². The van der Waals surface area contributed by atoms with Gasteiger partial charge in [-0.2, -0.15) is 0 Å². The molecule has 82 valence electrons. The van der Waals surface area contributed by atoms with Gasteiger partial charge >= 0.3 is 0 Å². The Morgan fingerprint density at radius 1 is 1.53 bits per heavy atom. The molecule has 2 N–H and O–H groups in total. The highest BCUT2D eigenvalue weighted by Crippen LogP contribution is 2.18. The molecule has 15 heavy (non-hydrogen) atoms. The number of nitrogens with zero attached hydrogens (tertiary/aromatic N) is 3. The first-order valence-corrected chi connectivity index (χ1v) is 5.47. The van der Waals surface area contributed by atoms with E-state index < -0.39 is 0 Å². The molecule has 0 amide bonds. The zero-order valence-electron chi connectivity index (χ0n) is 9.35. The minimum absolute atomic E-state index is 0.325. The van der Waals surface area contributed by atoms with Crippen molar-refractivity contribution in [3.05, 3.63) is 18.0 Å². The Balaban J connectivity index is 2.12. The SMILES string of the molecule is Cc1ccnc(N2CCC(N)C(C)C2)n1. The van der Waals surface area contributed by atoms with E-state index in [1.54, 1.807) is 0 Å². The van der Waals surface area contributed by atoms with E-state index in [1.165, 1.54) is 0 Å². The molecule has 1 aliphatic heterocycles. The molecule has 2 atom stereocenters. The van der Waals surface area contributed by atoms with Crippen LogP contribution in [0.4, 0.5) is 5.95 Å². The van der Waals surface area contributed by atoms with E-state index in [0.717, 1.165) is 31.2 Å². The van der Waals surface area contributed by atoms with Crippen molar-refractivity contribution < 1.29 is 0 Å². The first-order valence-electron chi connectivity index (χ1n) is 5.47. The second-order valence-electron chi connectivity index (χ2n) is 4.37. The Kier molecular flexibility index (Phi) is 2.86. The van der Waals surface area contributed by atoms with Gasteiger partial charge in [-0.25, -0.2) is 9.97 Å². The molecule has 0 aromatic carbocycles. The van der Waals surface area contributed by atoms with Crippen LogP contribution in [-0.4, -0.2) is 29.1 Å². The number of anilines is 1. The average Bonchev–Trinajstić information content (AvgIpc) is 2.22. The van der Waals surface area contributed by atoms with Gasteiger partial charge in [-0.05, 0) is 25.3 Å². The van der Waals surface area contributed by atoms with E-state index in [0.29, 0.717) is 12.0 Å². The largest absolute Gasteiger partial charge is 0.340 e. The first kappa shape index (κ1) is 10.4. The molecule has 0 radical (unpaired) electrons. The molecule has 4 nitrogen and oxygen atoms in total. The maximum Gasteiger partial charge on any atom is 0.225 e. The summed E-state index contributed by atoms with van der Waals surface area (Å²) in [6, 6.07) is 2.24. The van der Waals surface area contributed by atoms with Gasteiger partial charge in [-0.1, -0.05) is 6.92 Å². The zero-order chi connectivity index (χ0) is 10.8. The molecular formula is C11H18N4. The number of hydrogen-bond donors (Lipinski definition) is 1. The van der Waals surface area contributed by atoms with E-state index in [-0.39, 0.29) is 0 Å². The minimum atomic E-state index is 0.325. The lowest BCUT2D eigenvalue weighted by Crippen LogP contribution is -2.46. The Bertz CT molecular complexity index is 339. The van der Waals surface area contributed by atoms with Crippen molar-refractivity contribution in [3.63, 3.8) is 0 Å². The summed E-state index contributed by atoms with van der Waals surface area (Å²) < 4.78 is 0. The van der Waals surface area contributed by atoms with Crippen LogP contribution < -0.4 is 10.6 Å². The van der Waals surface area contributed by atoms with Crippen molar-refractivity contribution in [2.24, 2.45) is 11.7 Å². The highest BCUT2D eigenvalue weighted by Gasteiger charge is 2.24. The van der Waals surface area contributed by atoms with Crippen LogP contribution in [0.15, 0.2) is 12.3 Å². The summed E-state index contributed by atoms with van der Waals surface area (Å²) in [5, 5.41) is 0. The molecule has 1 aliphatic rings. The lowest BCUT2D eigenvalue weighted by molar-refractivity contribution is 0.379. The second kappa shape index (κ2) is 4.14. The summed E-state index contributed by atoms with van der Waals surface area (Å²) in [5.74, 6) is 1.36. The van der Waals surface area contributed by atoms with Gasteiger partial charge in [0.15, 0.2) is 0 Å². The molecule has 0 bridgehead atoms. The van der Waals surface area contributed by atoms with Crippen LogP contribution in [0.25, 0.3) is 0 Å². The lowest BCUT2D eigenvalue weighted by Gasteiger charge is -2.35. The molecule has 2 heterocycles. The Hall–Kier alpha value is -1.16. The van der Waals surface area contributed by atoms with Gasteiger partial charge in [0.05, 0.1) is 0 Å². The monoisotopic (exact) mass is 206 g/mol. The van der Waals surface area contributed by atoms with E-state index in [1.807, 2.05) is 19.2 Å². The Morgan fingerprint density at radius 3 is 3.00 bits per heavy atom. The van der Waals surface area contributed by atoms with Crippen molar-refractivity contribution in [2.75, 3.05) is 18.0 Å². The summed E-state index contributed by atoms with van der Waals surface area (Å²) in [5.41, 5.74) is 7.00. The molecule has 1 aromatic rings.